The second kappa shape index (κ2) is 4.61. The number of hydrogen-bond donors (Lipinski definition) is 0. The molecule has 0 heterocycles. The predicted octanol–water partition coefficient (Wildman–Crippen LogP) is 4.70. The third-order valence-corrected chi connectivity index (χ3v) is 3.66. The van der Waals surface area contributed by atoms with E-state index in [0.29, 0.717) is 4.90 Å². The lowest BCUT2D eigenvalue weighted by atomic mass is 10.4. The summed E-state index contributed by atoms with van der Waals surface area (Å²) in [5.74, 6) is 0. The van der Waals surface area contributed by atoms with Crippen molar-refractivity contribution in [3.8, 4) is 0 Å². The van der Waals surface area contributed by atoms with Gasteiger partial charge in [-0.2, -0.15) is 13.2 Å². The Morgan fingerprint density at radius 1 is 1.08 bits per heavy atom. The van der Waals surface area contributed by atoms with Gasteiger partial charge in [0.1, 0.15) is 0 Å². The van der Waals surface area contributed by atoms with Gasteiger partial charge in [-0.05, 0) is 48.9 Å². The molecule has 0 atom stereocenters. The van der Waals surface area contributed by atoms with E-state index < -0.39 is 5.51 Å². The number of rotatable bonds is 2. The molecule has 72 valence electrons. The lowest BCUT2D eigenvalue weighted by Crippen LogP contribution is -1.99. The molecule has 0 spiro atoms. The molecule has 0 aliphatic carbocycles. The van der Waals surface area contributed by atoms with E-state index in [4.69, 9.17) is 0 Å². The summed E-state index contributed by atoms with van der Waals surface area (Å²) in [7, 11) is 1.13. The third-order valence-electron chi connectivity index (χ3n) is 1.16. The highest BCUT2D eigenvalue weighted by molar-refractivity contribution is 9.50. The Bertz CT molecular complexity index is 287. The third kappa shape index (κ3) is 3.83. The van der Waals surface area contributed by atoms with Crippen LogP contribution in [0.15, 0.2) is 34.1 Å². The highest BCUT2D eigenvalue weighted by Gasteiger charge is 2.30. The first-order valence-corrected chi connectivity index (χ1v) is 6.64. The molecular formula is C7H4BrF3S2. The number of hydrogen-bond acceptors (Lipinski definition) is 2. The van der Waals surface area contributed by atoms with Crippen LogP contribution in [0.3, 0.4) is 0 Å². The standard InChI is InChI=1S/C7H4BrF3S2/c8-13-6-4-2-1-3-5(6)12-7(9,10)11/h1-4H. The second-order valence-electron chi connectivity index (χ2n) is 2.07. The van der Waals surface area contributed by atoms with Crippen molar-refractivity contribution in [2.45, 2.75) is 15.3 Å². The van der Waals surface area contributed by atoms with Crippen LogP contribution in [0.5, 0.6) is 0 Å². The van der Waals surface area contributed by atoms with Gasteiger partial charge in [-0.25, -0.2) is 0 Å². The zero-order chi connectivity index (χ0) is 9.90. The molecule has 0 saturated carbocycles. The Kier molecular flexibility index (Phi) is 4.00. The van der Waals surface area contributed by atoms with Gasteiger partial charge in [0.15, 0.2) is 0 Å². The van der Waals surface area contributed by atoms with Crippen LogP contribution in [0, 0.1) is 0 Å². The maximum absolute atomic E-state index is 12.0. The normalized spacial score (nSPS) is 11.7. The van der Waals surface area contributed by atoms with Crippen LogP contribution in [-0.4, -0.2) is 5.51 Å². The highest BCUT2D eigenvalue weighted by atomic mass is 79.9. The van der Waals surface area contributed by atoms with Gasteiger partial charge in [0.25, 0.3) is 0 Å². The molecule has 0 saturated heterocycles. The quantitative estimate of drug-likeness (QED) is 0.724. The number of halogens is 4. The van der Waals surface area contributed by atoms with E-state index in [9.17, 15) is 13.2 Å². The van der Waals surface area contributed by atoms with Gasteiger partial charge in [0.2, 0.25) is 0 Å². The lowest BCUT2D eigenvalue weighted by molar-refractivity contribution is -0.0328. The van der Waals surface area contributed by atoms with Gasteiger partial charge < -0.3 is 0 Å². The van der Waals surface area contributed by atoms with Crippen molar-refractivity contribution >= 4 is 36.8 Å². The minimum absolute atomic E-state index is 0.0989. The SMILES string of the molecule is FC(F)(F)Sc1ccccc1SBr. The molecule has 13 heavy (non-hydrogen) atoms. The first-order valence-electron chi connectivity index (χ1n) is 3.16. The first-order chi connectivity index (χ1) is 6.03. The monoisotopic (exact) mass is 288 g/mol. The number of alkyl halides is 3. The molecule has 0 unspecified atom stereocenters. The van der Waals surface area contributed by atoms with Crippen molar-refractivity contribution in [3.05, 3.63) is 24.3 Å². The average molecular weight is 289 g/mol. The second-order valence-corrected chi connectivity index (χ2v) is 4.74. The summed E-state index contributed by atoms with van der Waals surface area (Å²) in [6, 6.07) is 6.36. The van der Waals surface area contributed by atoms with Gasteiger partial charge >= 0.3 is 5.51 Å². The maximum atomic E-state index is 12.0. The van der Waals surface area contributed by atoms with Crippen LogP contribution in [0.1, 0.15) is 0 Å². The lowest BCUT2D eigenvalue weighted by Gasteiger charge is -2.07. The fourth-order valence-corrected chi connectivity index (χ4v) is 2.98. The van der Waals surface area contributed by atoms with Crippen LogP contribution < -0.4 is 0 Å². The Morgan fingerprint density at radius 3 is 2.08 bits per heavy atom. The summed E-state index contributed by atoms with van der Waals surface area (Å²) in [4.78, 5) is 0.793. The molecule has 0 bridgehead atoms. The van der Waals surface area contributed by atoms with E-state index in [1.54, 1.807) is 18.2 Å². The van der Waals surface area contributed by atoms with Gasteiger partial charge in [-0.15, -0.1) is 0 Å². The van der Waals surface area contributed by atoms with E-state index >= 15 is 0 Å². The van der Waals surface area contributed by atoms with E-state index in [1.807, 2.05) is 0 Å². The van der Waals surface area contributed by atoms with Crippen molar-refractivity contribution in [2.24, 2.45) is 0 Å². The van der Waals surface area contributed by atoms with Crippen LogP contribution in [0.25, 0.3) is 0 Å². The predicted molar refractivity (Wildman–Crippen MR) is 53.1 cm³/mol. The summed E-state index contributed by atoms with van der Waals surface area (Å²) < 4.78 is 36.0. The summed E-state index contributed by atoms with van der Waals surface area (Å²) in [5.41, 5.74) is -4.22. The average Bonchev–Trinajstić information content (AvgIpc) is 2.02. The Labute approximate surface area is 89.5 Å². The molecule has 1 rings (SSSR count). The fourth-order valence-electron chi connectivity index (χ4n) is 0.723. The molecule has 0 nitrogen and oxygen atoms in total. The van der Waals surface area contributed by atoms with E-state index in [0.717, 1.165) is 10.2 Å². The molecule has 0 aliphatic rings. The molecule has 1 aromatic rings. The van der Waals surface area contributed by atoms with Crippen LogP contribution in [0.2, 0.25) is 0 Å². The fraction of sp³-hybridized carbons (Fsp3) is 0.143. The smallest absolute Gasteiger partial charge is 0.160 e. The van der Waals surface area contributed by atoms with E-state index in [-0.39, 0.29) is 16.7 Å². The molecule has 0 aromatic heterocycles. The topological polar surface area (TPSA) is 0 Å². The Balaban J connectivity index is 2.87. The molecule has 0 fully saturated rings. The van der Waals surface area contributed by atoms with Crippen LogP contribution in [0.4, 0.5) is 13.2 Å². The van der Waals surface area contributed by atoms with Crippen molar-refractivity contribution < 1.29 is 13.2 Å². The minimum Gasteiger partial charge on any atom is -0.160 e. The van der Waals surface area contributed by atoms with Crippen molar-refractivity contribution in [1.82, 2.24) is 0 Å². The number of thioether (sulfide) groups is 1. The molecule has 0 N–H and O–H groups in total. The van der Waals surface area contributed by atoms with Gasteiger partial charge in [-0.3, -0.25) is 0 Å². The van der Waals surface area contributed by atoms with Gasteiger partial charge in [0.05, 0.1) is 0 Å². The summed E-state index contributed by atoms with van der Waals surface area (Å²) in [6.07, 6.45) is 0. The zero-order valence-corrected chi connectivity index (χ0v) is 9.36. The number of benzene rings is 1. The zero-order valence-electron chi connectivity index (χ0n) is 6.14. The van der Waals surface area contributed by atoms with Crippen molar-refractivity contribution in [1.29, 1.82) is 0 Å². The molecule has 0 radical (unpaired) electrons. The Morgan fingerprint density at radius 2 is 1.62 bits per heavy atom. The van der Waals surface area contributed by atoms with Crippen LogP contribution in [-0.2, 0) is 0 Å². The summed E-state index contributed by atoms with van der Waals surface area (Å²) in [5, 5.41) is 0. The van der Waals surface area contributed by atoms with E-state index in [1.165, 1.54) is 6.07 Å². The van der Waals surface area contributed by atoms with Crippen LogP contribution >= 0.6 is 36.8 Å². The van der Waals surface area contributed by atoms with Crippen molar-refractivity contribution in [3.63, 3.8) is 0 Å². The highest BCUT2D eigenvalue weighted by Crippen LogP contribution is 2.42. The molecule has 0 amide bonds. The van der Waals surface area contributed by atoms with E-state index in [2.05, 4.69) is 14.8 Å². The minimum atomic E-state index is -4.22. The largest absolute Gasteiger partial charge is 0.446 e. The van der Waals surface area contributed by atoms with Crippen molar-refractivity contribution in [2.75, 3.05) is 0 Å². The molecule has 6 heteroatoms. The molecule has 0 aliphatic heterocycles. The van der Waals surface area contributed by atoms with Gasteiger partial charge in [0, 0.05) is 9.79 Å². The van der Waals surface area contributed by atoms with Gasteiger partial charge in [-0.1, -0.05) is 12.1 Å². The Hall–Kier alpha value is 0.190. The molecule has 1 aromatic carbocycles. The maximum Gasteiger partial charge on any atom is 0.446 e. The summed E-state index contributed by atoms with van der Waals surface area (Å²) >= 11 is 2.95. The summed E-state index contributed by atoms with van der Waals surface area (Å²) in [6.45, 7) is 0. The molecular weight excluding hydrogens is 285 g/mol. The first kappa shape index (κ1) is 11.3.